The molecular formula is C10H15Si+. The van der Waals surface area contributed by atoms with Crippen LogP contribution in [0.15, 0.2) is 30.3 Å². The Morgan fingerprint density at radius 3 is 2.00 bits per heavy atom. The monoisotopic (exact) mass is 163 g/mol. The van der Waals surface area contributed by atoms with E-state index in [4.69, 9.17) is 0 Å². The molecule has 0 N–H and O–H groups in total. The second kappa shape index (κ2) is 3.14. The van der Waals surface area contributed by atoms with Crippen LogP contribution in [0, 0.1) is 6.04 Å². The zero-order valence-corrected chi connectivity index (χ0v) is 8.46. The smallest absolute Gasteiger partial charge is 0.0542 e. The first-order valence-electron chi connectivity index (χ1n) is 3.99. The number of benzene rings is 1. The average Bonchev–Trinajstić information content (AvgIpc) is 1.85. The van der Waals surface area contributed by atoms with Crippen LogP contribution in [-0.2, 0) is 0 Å². The highest BCUT2D eigenvalue weighted by Gasteiger charge is 2.19. The van der Waals surface area contributed by atoms with Crippen molar-refractivity contribution in [3.63, 3.8) is 0 Å². The molecule has 58 valence electrons. The lowest BCUT2D eigenvalue weighted by molar-refractivity contribution is 1.52. The fraction of sp³-hybridized carbons (Fsp3) is 0.300. The van der Waals surface area contributed by atoms with Crippen molar-refractivity contribution in [3.8, 4) is 0 Å². The summed E-state index contributed by atoms with van der Waals surface area (Å²) in [6, 6.07) is 13.0. The van der Waals surface area contributed by atoms with E-state index in [0.29, 0.717) is 0 Å². The van der Waals surface area contributed by atoms with Gasteiger partial charge in [0.15, 0.2) is 0 Å². The third-order valence-corrected chi connectivity index (χ3v) is 2.60. The molecule has 0 aliphatic carbocycles. The molecule has 0 radical (unpaired) electrons. The first-order chi connectivity index (χ1) is 5.08. The summed E-state index contributed by atoms with van der Waals surface area (Å²) in [6.45, 7) is 7.04. The summed E-state index contributed by atoms with van der Waals surface area (Å²) in [5.74, 6) is 0. The Kier molecular flexibility index (Phi) is 2.40. The second-order valence-electron chi connectivity index (χ2n) is 3.92. The Hall–Kier alpha value is -0.693. The average molecular weight is 163 g/mol. The van der Waals surface area contributed by atoms with Crippen molar-refractivity contribution in [1.82, 2.24) is 0 Å². The Morgan fingerprint density at radius 2 is 1.55 bits per heavy atom. The minimum atomic E-state index is -1.02. The fourth-order valence-corrected chi connectivity index (χ4v) is 2.24. The lowest BCUT2D eigenvalue weighted by Crippen LogP contribution is -2.21. The fourth-order valence-electron chi connectivity index (χ4n) is 1.05. The van der Waals surface area contributed by atoms with E-state index in [0.717, 1.165) is 0 Å². The van der Waals surface area contributed by atoms with Crippen LogP contribution in [-0.4, -0.2) is 8.07 Å². The molecule has 0 spiro atoms. The standard InChI is InChI=1S/C10H15Si/c1-11(2,3)9-10-7-5-4-6-8-10/h4-9H,1-3H3/q+1. The van der Waals surface area contributed by atoms with Crippen LogP contribution in [0.25, 0.3) is 0 Å². The van der Waals surface area contributed by atoms with Crippen LogP contribution in [0.5, 0.6) is 0 Å². The van der Waals surface area contributed by atoms with Gasteiger partial charge in [0.25, 0.3) is 0 Å². The molecule has 0 heterocycles. The van der Waals surface area contributed by atoms with E-state index in [9.17, 15) is 0 Å². The molecule has 0 atom stereocenters. The van der Waals surface area contributed by atoms with Gasteiger partial charge in [0, 0.05) is 12.1 Å². The van der Waals surface area contributed by atoms with Crippen LogP contribution >= 0.6 is 0 Å². The van der Waals surface area contributed by atoms with Crippen molar-refractivity contribution in [2.24, 2.45) is 0 Å². The van der Waals surface area contributed by atoms with Gasteiger partial charge in [-0.1, -0.05) is 19.6 Å². The largest absolute Gasteiger partial charge is 0.137 e. The lowest BCUT2D eigenvalue weighted by Gasteiger charge is -2.08. The highest BCUT2D eigenvalue weighted by molar-refractivity contribution is 6.80. The van der Waals surface area contributed by atoms with Gasteiger partial charge in [-0.2, -0.15) is 0 Å². The molecule has 11 heavy (non-hydrogen) atoms. The molecule has 0 aromatic heterocycles. The van der Waals surface area contributed by atoms with E-state index in [1.807, 2.05) is 0 Å². The number of rotatable bonds is 2. The molecular weight excluding hydrogens is 148 g/mol. The predicted octanol–water partition coefficient (Wildman–Crippen LogP) is 3.12. The van der Waals surface area contributed by atoms with E-state index in [1.165, 1.54) is 5.56 Å². The summed E-state index contributed by atoms with van der Waals surface area (Å²) in [6.07, 6.45) is 0. The summed E-state index contributed by atoms with van der Waals surface area (Å²) in [5, 5.41) is 0. The van der Waals surface area contributed by atoms with Crippen molar-refractivity contribution in [1.29, 1.82) is 0 Å². The van der Waals surface area contributed by atoms with Crippen molar-refractivity contribution < 1.29 is 0 Å². The Balaban J connectivity index is 2.66. The zero-order chi connectivity index (χ0) is 8.32. The summed E-state index contributed by atoms with van der Waals surface area (Å²) in [4.78, 5) is 0. The molecule has 0 unspecified atom stereocenters. The molecule has 0 bridgehead atoms. The SMILES string of the molecule is C[Si](C)(C)[CH+]c1ccccc1. The molecule has 0 aliphatic rings. The van der Waals surface area contributed by atoms with E-state index in [1.54, 1.807) is 0 Å². The quantitative estimate of drug-likeness (QED) is 0.464. The third-order valence-electron chi connectivity index (χ3n) is 1.40. The van der Waals surface area contributed by atoms with Crippen LogP contribution in [0.1, 0.15) is 5.56 Å². The summed E-state index contributed by atoms with van der Waals surface area (Å²) in [5.41, 5.74) is 1.37. The van der Waals surface area contributed by atoms with Crippen LogP contribution in [0.2, 0.25) is 19.6 Å². The van der Waals surface area contributed by atoms with Gasteiger partial charge in [0.2, 0.25) is 0 Å². The van der Waals surface area contributed by atoms with Gasteiger partial charge in [-0.15, -0.1) is 0 Å². The Labute approximate surface area is 70.3 Å². The molecule has 0 fully saturated rings. The molecule has 1 rings (SSSR count). The van der Waals surface area contributed by atoms with Crippen molar-refractivity contribution in [2.45, 2.75) is 19.6 Å². The predicted molar refractivity (Wildman–Crippen MR) is 53.2 cm³/mol. The van der Waals surface area contributed by atoms with Crippen LogP contribution in [0.3, 0.4) is 0 Å². The normalized spacial score (nSPS) is 11.2. The first-order valence-corrected chi connectivity index (χ1v) is 7.57. The van der Waals surface area contributed by atoms with E-state index < -0.39 is 8.07 Å². The van der Waals surface area contributed by atoms with E-state index >= 15 is 0 Å². The van der Waals surface area contributed by atoms with Crippen LogP contribution < -0.4 is 0 Å². The van der Waals surface area contributed by atoms with Crippen LogP contribution in [0.4, 0.5) is 0 Å². The van der Waals surface area contributed by atoms with Gasteiger partial charge in [-0.05, 0) is 24.2 Å². The van der Waals surface area contributed by atoms with Gasteiger partial charge in [0.1, 0.15) is 13.6 Å². The summed E-state index contributed by atoms with van der Waals surface area (Å²) in [7, 11) is -1.02. The number of hydrogen-bond acceptors (Lipinski definition) is 0. The van der Waals surface area contributed by atoms with Crippen molar-refractivity contribution in [2.75, 3.05) is 0 Å². The minimum absolute atomic E-state index is 1.02. The lowest BCUT2D eigenvalue weighted by atomic mass is 10.2. The summed E-state index contributed by atoms with van der Waals surface area (Å²) >= 11 is 0. The summed E-state index contributed by atoms with van der Waals surface area (Å²) < 4.78 is 0. The molecule has 0 saturated carbocycles. The van der Waals surface area contributed by atoms with Gasteiger partial charge in [-0.25, -0.2) is 0 Å². The Morgan fingerprint density at radius 1 is 1.00 bits per heavy atom. The van der Waals surface area contributed by atoms with Crippen molar-refractivity contribution in [3.05, 3.63) is 41.9 Å². The van der Waals surface area contributed by atoms with Gasteiger partial charge >= 0.3 is 0 Å². The van der Waals surface area contributed by atoms with Gasteiger partial charge in [-0.3, -0.25) is 0 Å². The Bertz CT molecular complexity index is 208. The van der Waals surface area contributed by atoms with Gasteiger partial charge in [0.05, 0.1) is 0 Å². The first kappa shape index (κ1) is 8.40. The zero-order valence-electron chi connectivity index (χ0n) is 7.46. The second-order valence-corrected chi connectivity index (χ2v) is 8.94. The molecule has 0 aliphatic heterocycles. The molecule has 1 aromatic rings. The maximum Gasteiger partial charge on any atom is 0.137 e. The number of hydrogen-bond donors (Lipinski definition) is 0. The highest BCUT2D eigenvalue weighted by atomic mass is 28.3. The van der Waals surface area contributed by atoms with Crippen molar-refractivity contribution >= 4 is 8.07 Å². The molecule has 1 aromatic carbocycles. The molecule has 0 saturated heterocycles. The molecule has 0 nitrogen and oxygen atoms in total. The molecule has 0 amide bonds. The molecule has 1 heteroatoms. The highest BCUT2D eigenvalue weighted by Crippen LogP contribution is 2.12. The maximum absolute atomic E-state index is 2.41. The third kappa shape index (κ3) is 3.28. The minimum Gasteiger partial charge on any atom is -0.0542 e. The topological polar surface area (TPSA) is 0 Å². The van der Waals surface area contributed by atoms with E-state index in [-0.39, 0.29) is 0 Å². The van der Waals surface area contributed by atoms with E-state index in [2.05, 4.69) is 56.0 Å². The van der Waals surface area contributed by atoms with Gasteiger partial charge < -0.3 is 0 Å². The maximum atomic E-state index is 2.41.